The van der Waals surface area contributed by atoms with Crippen molar-refractivity contribution in [3.63, 3.8) is 0 Å². The van der Waals surface area contributed by atoms with Crippen LogP contribution in [0.25, 0.3) is 11.0 Å². The highest BCUT2D eigenvalue weighted by Crippen LogP contribution is 2.36. The summed E-state index contributed by atoms with van der Waals surface area (Å²) < 4.78 is 10.5. The van der Waals surface area contributed by atoms with Gasteiger partial charge in [0.15, 0.2) is 0 Å². The highest BCUT2D eigenvalue weighted by molar-refractivity contribution is 5.95. The Morgan fingerprint density at radius 2 is 1.65 bits per heavy atom. The maximum Gasteiger partial charge on any atom is 0.320 e. The van der Waals surface area contributed by atoms with Crippen molar-refractivity contribution >= 4 is 40.4 Å². The Morgan fingerprint density at radius 1 is 1.05 bits per heavy atom. The number of imidazole rings is 1. The highest BCUT2D eigenvalue weighted by Gasteiger charge is 2.47. The minimum Gasteiger partial charge on any atom is -0.465 e. The van der Waals surface area contributed by atoms with Crippen LogP contribution in [0.15, 0.2) is 36.4 Å². The summed E-state index contributed by atoms with van der Waals surface area (Å²) in [4.78, 5) is 51.4. The van der Waals surface area contributed by atoms with Crippen LogP contribution in [0.4, 0.5) is 5.69 Å². The zero-order valence-electron chi connectivity index (χ0n) is 25.3. The lowest BCUT2D eigenvalue weighted by atomic mass is 9.84. The van der Waals surface area contributed by atoms with Gasteiger partial charge in [-0.05, 0) is 82.0 Å². The van der Waals surface area contributed by atoms with Crippen molar-refractivity contribution in [3.8, 4) is 0 Å². The van der Waals surface area contributed by atoms with Gasteiger partial charge >= 0.3 is 11.9 Å². The molecule has 43 heavy (non-hydrogen) atoms. The van der Waals surface area contributed by atoms with E-state index in [9.17, 15) is 14.4 Å². The number of hydrogen-bond acceptors (Lipinski definition) is 9. The molecule has 1 amide bonds. The number of benzene rings is 2. The summed E-state index contributed by atoms with van der Waals surface area (Å²) in [6, 6.07) is 11.0. The van der Waals surface area contributed by atoms with Gasteiger partial charge in [0.2, 0.25) is 5.91 Å². The molecule has 3 aromatic rings. The van der Waals surface area contributed by atoms with Crippen LogP contribution in [0.5, 0.6) is 0 Å². The Bertz CT molecular complexity index is 1460. The van der Waals surface area contributed by atoms with Gasteiger partial charge in [0.1, 0.15) is 17.2 Å². The average molecular weight is 592 g/mol. The van der Waals surface area contributed by atoms with E-state index in [1.165, 1.54) is 0 Å². The van der Waals surface area contributed by atoms with Crippen molar-refractivity contribution in [1.82, 2.24) is 19.8 Å². The fraction of sp³-hybridized carbons (Fsp3) is 0.452. The molecular formula is C31H41N7O5. The summed E-state index contributed by atoms with van der Waals surface area (Å²) in [6.07, 6.45) is 1.78. The second-order valence-corrected chi connectivity index (χ2v) is 10.7. The number of carbonyl (C=O) groups is 3. The largest absolute Gasteiger partial charge is 0.465 e. The summed E-state index contributed by atoms with van der Waals surface area (Å²) >= 11 is 0. The average Bonchev–Trinajstić information content (AvgIpc) is 3.66. The number of amides is 1. The van der Waals surface area contributed by atoms with Crippen LogP contribution >= 0.6 is 0 Å². The number of H-pyrrole nitrogens is 1. The van der Waals surface area contributed by atoms with E-state index < -0.39 is 17.5 Å². The quantitative estimate of drug-likeness (QED) is 0.133. The van der Waals surface area contributed by atoms with Crippen LogP contribution < -0.4 is 11.1 Å². The molecule has 230 valence electrons. The van der Waals surface area contributed by atoms with Crippen LogP contribution in [0.3, 0.4) is 0 Å². The van der Waals surface area contributed by atoms with E-state index in [1.54, 1.807) is 42.7 Å². The molecule has 1 unspecified atom stereocenters. The van der Waals surface area contributed by atoms with E-state index in [-0.39, 0.29) is 38.0 Å². The Morgan fingerprint density at radius 3 is 2.21 bits per heavy atom. The van der Waals surface area contributed by atoms with Gasteiger partial charge in [-0.25, -0.2) is 4.98 Å². The molecule has 1 aromatic heterocycles. The number of aromatic nitrogens is 2. The lowest BCUT2D eigenvalue weighted by Crippen LogP contribution is -2.58. The molecule has 12 heteroatoms. The molecule has 5 N–H and O–H groups in total. The van der Waals surface area contributed by atoms with Gasteiger partial charge in [-0.1, -0.05) is 6.07 Å². The number of carbonyl (C=O) groups excluding carboxylic acids is 3. The standard InChI is InChI=1S/C31H41N7O5/c1-5-42-26(39)18-38(19-27(40)43-6-2)31(4,30(41)37-15-7-8-16-37)23-13-14-24-28(20(23)3)36-25(35-24)17-34-22-11-9-21(10-12-22)29(32)33/h9-14,34H,5-8,15-19H2,1-4H3,(H3,32,33)(H,35,36). The van der Waals surface area contributed by atoms with Gasteiger partial charge < -0.3 is 30.4 Å². The van der Waals surface area contributed by atoms with Crippen molar-refractivity contribution in [2.45, 2.75) is 52.6 Å². The van der Waals surface area contributed by atoms with E-state index in [2.05, 4.69) is 10.3 Å². The molecule has 2 heterocycles. The van der Waals surface area contributed by atoms with Gasteiger partial charge in [-0.3, -0.25) is 24.7 Å². The highest BCUT2D eigenvalue weighted by atomic mass is 16.5. The summed E-state index contributed by atoms with van der Waals surface area (Å²) in [5, 5.41) is 10.9. The number of nitrogens with zero attached hydrogens (tertiary/aromatic N) is 3. The molecule has 1 saturated heterocycles. The number of aryl methyl sites for hydroxylation is 1. The number of amidine groups is 1. The molecule has 1 aliphatic rings. The number of nitrogens with two attached hydrogens (primary N) is 1. The number of esters is 2. The van der Waals surface area contributed by atoms with Crippen LogP contribution in [0.1, 0.15) is 56.1 Å². The second kappa shape index (κ2) is 13.7. The number of fused-ring (bicyclic) bond motifs is 1. The number of rotatable bonds is 13. The van der Waals surface area contributed by atoms with E-state index >= 15 is 0 Å². The minimum atomic E-state index is -1.38. The second-order valence-electron chi connectivity index (χ2n) is 10.7. The molecule has 2 aromatic carbocycles. The first-order chi connectivity index (χ1) is 20.6. The van der Waals surface area contributed by atoms with Gasteiger partial charge in [0.25, 0.3) is 0 Å². The predicted molar refractivity (Wildman–Crippen MR) is 164 cm³/mol. The third-order valence-electron chi connectivity index (χ3n) is 7.83. The number of hydrogen-bond donors (Lipinski definition) is 4. The van der Waals surface area contributed by atoms with Crippen LogP contribution in [0, 0.1) is 12.3 Å². The van der Waals surface area contributed by atoms with Gasteiger partial charge in [0.05, 0.1) is 43.9 Å². The molecule has 4 rings (SSSR count). The minimum absolute atomic E-state index is 0.00778. The monoisotopic (exact) mass is 591 g/mol. The van der Waals surface area contributed by atoms with Crippen molar-refractivity contribution in [2.75, 3.05) is 44.7 Å². The van der Waals surface area contributed by atoms with Crippen molar-refractivity contribution in [1.29, 1.82) is 5.41 Å². The normalized spacial score (nSPS) is 14.5. The maximum absolute atomic E-state index is 14.3. The molecule has 0 aliphatic carbocycles. The van der Waals surface area contributed by atoms with E-state index in [0.717, 1.165) is 29.6 Å². The maximum atomic E-state index is 14.3. The molecule has 0 radical (unpaired) electrons. The lowest BCUT2D eigenvalue weighted by molar-refractivity contribution is -0.156. The molecule has 1 atom stereocenters. The SMILES string of the molecule is CCOC(=O)CN(CC(=O)OCC)C(C)(C(=O)N1CCCC1)c1ccc2[nH]c(CNc3ccc(C(=N)N)cc3)nc2c1C. The van der Waals surface area contributed by atoms with E-state index in [4.69, 9.17) is 25.6 Å². The summed E-state index contributed by atoms with van der Waals surface area (Å²) in [5.41, 5.74) is 8.56. The predicted octanol–water partition coefficient (Wildman–Crippen LogP) is 3.03. The number of nitrogen functional groups attached to an aromatic ring is 1. The number of nitrogens with one attached hydrogen (secondary N) is 3. The van der Waals surface area contributed by atoms with Gasteiger partial charge in [0, 0.05) is 24.3 Å². The summed E-state index contributed by atoms with van der Waals surface area (Å²) in [5.74, 6) is -0.555. The fourth-order valence-electron chi connectivity index (χ4n) is 5.57. The van der Waals surface area contributed by atoms with Crippen molar-refractivity contribution < 1.29 is 23.9 Å². The third kappa shape index (κ3) is 6.96. The third-order valence-corrected chi connectivity index (χ3v) is 7.83. The molecule has 12 nitrogen and oxygen atoms in total. The molecular weight excluding hydrogens is 550 g/mol. The first kappa shape index (κ1) is 31.5. The Kier molecular flexibility index (Phi) is 10.0. The number of ether oxygens (including phenoxy) is 2. The first-order valence-corrected chi connectivity index (χ1v) is 14.6. The fourth-order valence-corrected chi connectivity index (χ4v) is 5.57. The van der Waals surface area contributed by atoms with Gasteiger partial charge in [-0.2, -0.15) is 0 Å². The molecule has 0 spiro atoms. The smallest absolute Gasteiger partial charge is 0.320 e. The Labute approximate surface area is 251 Å². The molecule has 0 bridgehead atoms. The molecule has 0 saturated carbocycles. The summed E-state index contributed by atoms with van der Waals surface area (Å²) in [7, 11) is 0. The topological polar surface area (TPSA) is 167 Å². The number of likely N-dealkylation sites (tertiary alicyclic amines) is 1. The molecule has 1 fully saturated rings. The van der Waals surface area contributed by atoms with Crippen LogP contribution in [0.2, 0.25) is 0 Å². The van der Waals surface area contributed by atoms with E-state index in [0.29, 0.717) is 42.1 Å². The number of anilines is 1. The Hall–Kier alpha value is -4.45. The Balaban J connectivity index is 1.72. The first-order valence-electron chi connectivity index (χ1n) is 14.6. The van der Waals surface area contributed by atoms with Gasteiger partial charge in [-0.15, -0.1) is 0 Å². The van der Waals surface area contributed by atoms with Crippen LogP contribution in [-0.4, -0.2) is 82.8 Å². The molecule has 1 aliphatic heterocycles. The zero-order valence-corrected chi connectivity index (χ0v) is 25.3. The van der Waals surface area contributed by atoms with E-state index in [1.807, 2.05) is 31.2 Å². The summed E-state index contributed by atoms with van der Waals surface area (Å²) in [6.45, 7) is 8.54. The lowest BCUT2D eigenvalue weighted by Gasteiger charge is -2.42. The van der Waals surface area contributed by atoms with Crippen molar-refractivity contribution in [3.05, 3.63) is 58.9 Å². The van der Waals surface area contributed by atoms with Crippen LogP contribution in [-0.2, 0) is 35.9 Å². The van der Waals surface area contributed by atoms with Crippen molar-refractivity contribution in [2.24, 2.45) is 5.73 Å². The number of aromatic amines is 1. The zero-order chi connectivity index (χ0) is 31.1.